The topological polar surface area (TPSA) is 92.0 Å². The van der Waals surface area contributed by atoms with E-state index >= 15 is 0 Å². The first-order chi connectivity index (χ1) is 10.2. The van der Waals surface area contributed by atoms with Crippen molar-refractivity contribution in [3.8, 4) is 11.3 Å². The number of furan rings is 1. The molecule has 0 amide bonds. The van der Waals surface area contributed by atoms with Gasteiger partial charge in [-0.1, -0.05) is 28.3 Å². The molecular weight excluding hydrogens is 315 g/mol. The molecule has 106 valence electrons. The third kappa shape index (κ3) is 3.21. The molecule has 7 nitrogen and oxygen atoms in total. The molecule has 21 heavy (non-hydrogen) atoms. The van der Waals surface area contributed by atoms with E-state index in [2.05, 4.69) is 31.2 Å². The van der Waals surface area contributed by atoms with Crippen molar-refractivity contribution in [1.29, 1.82) is 0 Å². The van der Waals surface area contributed by atoms with Crippen molar-refractivity contribution in [3.05, 3.63) is 46.1 Å². The summed E-state index contributed by atoms with van der Waals surface area (Å²) in [5, 5.41) is 18.0. The Morgan fingerprint density at radius 3 is 2.86 bits per heavy atom. The fraction of sp³-hybridized carbons (Fsp3) is 0. The third-order valence-corrected chi connectivity index (χ3v) is 3.27. The lowest BCUT2D eigenvalue weighted by Gasteiger charge is -1.99. The van der Waals surface area contributed by atoms with Crippen LogP contribution in [0.25, 0.3) is 11.3 Å². The number of hydrogen-bond acceptors (Lipinski definition) is 6. The molecule has 3 aromatic rings. The van der Waals surface area contributed by atoms with E-state index in [9.17, 15) is 0 Å². The van der Waals surface area contributed by atoms with Gasteiger partial charge in [0.1, 0.15) is 11.5 Å². The second-order valence-electron chi connectivity index (χ2n) is 3.94. The van der Waals surface area contributed by atoms with Crippen molar-refractivity contribution in [2.45, 2.75) is 0 Å². The Balaban J connectivity index is 1.73. The van der Waals surface area contributed by atoms with Crippen molar-refractivity contribution >= 4 is 35.4 Å². The van der Waals surface area contributed by atoms with Crippen LogP contribution in [0.4, 0.5) is 5.95 Å². The molecule has 3 rings (SSSR count). The molecule has 9 heteroatoms. The minimum Gasteiger partial charge on any atom is -0.455 e. The summed E-state index contributed by atoms with van der Waals surface area (Å²) in [4.78, 5) is 0. The Morgan fingerprint density at radius 2 is 2.10 bits per heavy atom. The molecule has 0 aliphatic rings. The van der Waals surface area contributed by atoms with Gasteiger partial charge < -0.3 is 4.42 Å². The van der Waals surface area contributed by atoms with Crippen molar-refractivity contribution in [3.63, 3.8) is 0 Å². The molecule has 0 saturated carbocycles. The largest absolute Gasteiger partial charge is 0.455 e. The number of nitrogens with zero attached hydrogens (tertiary/aromatic N) is 4. The standard InChI is InChI=1S/C12H8Cl2N6O/c13-9-3-1-7(5-10(9)14)11-4-2-8(21-11)6-15-16-12-17-19-20-18-12/h1-6H,(H2,16,17,18,19,20)/b15-6-. The van der Waals surface area contributed by atoms with Gasteiger partial charge in [0.15, 0.2) is 0 Å². The average Bonchev–Trinajstić information content (AvgIpc) is 3.13. The minimum atomic E-state index is 0.266. The van der Waals surface area contributed by atoms with E-state index in [-0.39, 0.29) is 5.95 Å². The lowest BCUT2D eigenvalue weighted by molar-refractivity contribution is 0.575. The SMILES string of the molecule is Clc1ccc(-c2ccc(/C=N\Nc3nn[nH]n3)o2)cc1Cl. The first kappa shape index (κ1) is 13.6. The number of nitrogens with one attached hydrogen (secondary N) is 2. The first-order valence-corrected chi connectivity index (χ1v) is 6.56. The molecule has 2 heterocycles. The van der Waals surface area contributed by atoms with Crippen molar-refractivity contribution in [1.82, 2.24) is 20.6 Å². The fourth-order valence-corrected chi connectivity index (χ4v) is 1.89. The number of rotatable bonds is 4. The number of hydrazone groups is 1. The van der Waals surface area contributed by atoms with Gasteiger partial charge in [0.25, 0.3) is 5.95 Å². The fourth-order valence-electron chi connectivity index (χ4n) is 1.59. The van der Waals surface area contributed by atoms with E-state index < -0.39 is 0 Å². The van der Waals surface area contributed by atoms with Crippen molar-refractivity contribution in [2.24, 2.45) is 5.10 Å². The molecule has 1 aromatic carbocycles. The van der Waals surface area contributed by atoms with Crippen LogP contribution < -0.4 is 5.43 Å². The highest BCUT2D eigenvalue weighted by Gasteiger charge is 2.06. The van der Waals surface area contributed by atoms with E-state index in [1.165, 1.54) is 6.21 Å². The number of aromatic nitrogens is 4. The summed E-state index contributed by atoms with van der Waals surface area (Å²) >= 11 is 11.9. The molecule has 0 fully saturated rings. The van der Waals surface area contributed by atoms with Crippen molar-refractivity contribution in [2.75, 3.05) is 5.43 Å². The number of anilines is 1. The Labute approximate surface area is 129 Å². The summed E-state index contributed by atoms with van der Waals surface area (Å²) in [5.74, 6) is 1.49. The predicted octanol–water partition coefficient (Wildman–Crippen LogP) is 3.21. The molecule has 0 bridgehead atoms. The lowest BCUT2D eigenvalue weighted by atomic mass is 10.2. The lowest BCUT2D eigenvalue weighted by Crippen LogP contribution is -1.91. The van der Waals surface area contributed by atoms with Crippen LogP contribution in [0.1, 0.15) is 5.76 Å². The van der Waals surface area contributed by atoms with E-state index in [0.29, 0.717) is 21.6 Å². The van der Waals surface area contributed by atoms with Gasteiger partial charge in [0.05, 0.1) is 16.3 Å². The first-order valence-electron chi connectivity index (χ1n) is 5.80. The maximum Gasteiger partial charge on any atom is 0.283 e. The van der Waals surface area contributed by atoms with E-state index in [0.717, 1.165) is 5.56 Å². The van der Waals surface area contributed by atoms with Gasteiger partial charge in [-0.25, -0.2) is 5.43 Å². The summed E-state index contributed by atoms with van der Waals surface area (Å²) < 4.78 is 5.63. The van der Waals surface area contributed by atoms with Gasteiger partial charge in [-0.3, -0.25) is 0 Å². The number of tetrazole rings is 1. The molecule has 0 saturated heterocycles. The van der Waals surface area contributed by atoms with Crippen LogP contribution in [0, 0.1) is 0 Å². The Morgan fingerprint density at radius 1 is 1.19 bits per heavy atom. The number of benzene rings is 1. The van der Waals surface area contributed by atoms with Crippen LogP contribution in [-0.4, -0.2) is 26.8 Å². The molecule has 2 N–H and O–H groups in total. The monoisotopic (exact) mass is 322 g/mol. The smallest absolute Gasteiger partial charge is 0.283 e. The van der Waals surface area contributed by atoms with Crippen LogP contribution in [0.2, 0.25) is 10.0 Å². The minimum absolute atomic E-state index is 0.266. The van der Waals surface area contributed by atoms with Gasteiger partial charge in [-0.2, -0.15) is 10.3 Å². The van der Waals surface area contributed by atoms with Crippen LogP contribution in [0.3, 0.4) is 0 Å². The highest BCUT2D eigenvalue weighted by Crippen LogP contribution is 2.29. The molecule has 0 aliphatic carbocycles. The third-order valence-electron chi connectivity index (χ3n) is 2.53. The zero-order valence-corrected chi connectivity index (χ0v) is 11.9. The van der Waals surface area contributed by atoms with E-state index in [4.69, 9.17) is 27.6 Å². The van der Waals surface area contributed by atoms with Crippen LogP contribution in [-0.2, 0) is 0 Å². The molecule has 0 aliphatic heterocycles. The average molecular weight is 323 g/mol. The second-order valence-corrected chi connectivity index (χ2v) is 4.75. The Kier molecular flexibility index (Phi) is 3.85. The molecule has 0 spiro atoms. The Bertz CT molecular complexity index is 768. The van der Waals surface area contributed by atoms with Crippen molar-refractivity contribution < 1.29 is 4.42 Å². The number of halogens is 2. The summed E-state index contributed by atoms with van der Waals surface area (Å²) in [6, 6.07) is 8.87. The number of hydrogen-bond donors (Lipinski definition) is 2. The molecule has 0 radical (unpaired) electrons. The maximum absolute atomic E-state index is 5.98. The quantitative estimate of drug-likeness (QED) is 0.568. The van der Waals surface area contributed by atoms with E-state index in [1.54, 1.807) is 18.2 Å². The van der Waals surface area contributed by atoms with Crippen LogP contribution in [0.5, 0.6) is 0 Å². The number of aromatic amines is 1. The summed E-state index contributed by atoms with van der Waals surface area (Å²) in [6.07, 6.45) is 1.50. The predicted molar refractivity (Wildman–Crippen MR) is 79.6 cm³/mol. The van der Waals surface area contributed by atoms with E-state index in [1.807, 2.05) is 12.1 Å². The highest BCUT2D eigenvalue weighted by atomic mass is 35.5. The maximum atomic E-state index is 5.98. The molecule has 0 unspecified atom stereocenters. The van der Waals surface area contributed by atoms with Gasteiger partial charge in [0, 0.05) is 5.56 Å². The zero-order chi connectivity index (χ0) is 14.7. The summed E-state index contributed by atoms with van der Waals surface area (Å²) in [7, 11) is 0. The highest BCUT2D eigenvalue weighted by molar-refractivity contribution is 6.42. The van der Waals surface area contributed by atoms with Gasteiger partial charge in [0.2, 0.25) is 0 Å². The molecule has 2 aromatic heterocycles. The summed E-state index contributed by atoms with van der Waals surface area (Å²) in [5.41, 5.74) is 3.42. The second kappa shape index (κ2) is 5.94. The molecular formula is C12H8Cl2N6O. The van der Waals surface area contributed by atoms with Gasteiger partial charge in [-0.05, 0) is 35.5 Å². The number of H-pyrrole nitrogens is 1. The normalized spacial score (nSPS) is 11.1. The van der Waals surface area contributed by atoms with Crippen LogP contribution >= 0.6 is 23.2 Å². The van der Waals surface area contributed by atoms with Gasteiger partial charge >= 0.3 is 0 Å². The molecule has 0 atom stereocenters. The van der Waals surface area contributed by atoms with Crippen LogP contribution in [0.15, 0.2) is 39.9 Å². The summed E-state index contributed by atoms with van der Waals surface area (Å²) in [6.45, 7) is 0. The zero-order valence-electron chi connectivity index (χ0n) is 10.4. The Hall–Kier alpha value is -2.38. The van der Waals surface area contributed by atoms with Gasteiger partial charge in [-0.15, -0.1) is 5.10 Å².